The van der Waals surface area contributed by atoms with Crippen molar-refractivity contribution in [1.29, 1.82) is 0 Å². The number of aliphatic carboxylic acids is 2. The monoisotopic (exact) mass is 488 g/mol. The van der Waals surface area contributed by atoms with E-state index in [1.807, 2.05) is 0 Å². The number of nitrogens with two attached hydrogens (primary N) is 2. The van der Waals surface area contributed by atoms with Gasteiger partial charge < -0.3 is 31.3 Å². The maximum atomic E-state index is 10.8. The van der Waals surface area contributed by atoms with Gasteiger partial charge >= 0.3 is 0 Å². The Balaban J connectivity index is 0.000000462. The maximum absolute atomic E-state index is 10.8. The number of quaternary nitrogens is 2. The van der Waals surface area contributed by atoms with Gasteiger partial charge in [-0.2, -0.15) is 0 Å². The van der Waals surface area contributed by atoms with Crippen LogP contribution in [0.25, 0.3) is 0 Å². The quantitative estimate of drug-likeness (QED) is 0.286. The fourth-order valence-corrected chi connectivity index (χ4v) is 2.86. The van der Waals surface area contributed by atoms with E-state index in [1.165, 1.54) is 24.3 Å². The smallest absolute Gasteiger partial charge is 0.238 e. The van der Waals surface area contributed by atoms with Crippen LogP contribution in [0.4, 0.5) is 0 Å². The third-order valence-corrected chi connectivity index (χ3v) is 5.30. The number of benzene rings is 2. The minimum atomic E-state index is -3.55. The first kappa shape index (κ1) is 28.9. The molecule has 2 rings (SSSR count). The van der Waals surface area contributed by atoms with Crippen LogP contribution in [0.3, 0.4) is 0 Å². The molecular weight excluding hydrogens is 464 g/mol. The lowest BCUT2D eigenvalue weighted by molar-refractivity contribution is -0.386. The second-order valence-corrected chi connectivity index (χ2v) is 8.97. The average Bonchev–Trinajstić information content (AvgIpc) is 2.72. The summed E-state index contributed by atoms with van der Waals surface area (Å²) < 4.78 is 43.2. The molecule has 176 valence electrons. The predicted molar refractivity (Wildman–Crippen MR) is 108 cm³/mol. The van der Waals surface area contributed by atoms with Crippen LogP contribution in [0.15, 0.2) is 70.5 Å². The number of carbonyl (C=O) groups excluding carboxylic acids is 2. The molecule has 0 heterocycles. The van der Waals surface area contributed by atoms with Crippen molar-refractivity contribution in [3.05, 3.63) is 71.8 Å². The van der Waals surface area contributed by atoms with Crippen molar-refractivity contribution in [3.8, 4) is 0 Å². The van der Waals surface area contributed by atoms with E-state index in [0.717, 1.165) is 11.1 Å². The topological polar surface area (TPSA) is 256 Å². The molecule has 0 aromatic heterocycles. The van der Waals surface area contributed by atoms with Gasteiger partial charge in [-0.15, -0.1) is 0 Å². The van der Waals surface area contributed by atoms with Gasteiger partial charge in [-0.3, -0.25) is 0 Å². The molecule has 0 saturated heterocycles. The average molecular weight is 489 g/mol. The van der Waals surface area contributed by atoms with Crippen LogP contribution in [-0.4, -0.2) is 28.8 Å². The highest BCUT2D eigenvalue weighted by Gasteiger charge is 2.06. The van der Waals surface area contributed by atoms with Gasteiger partial charge in [0.05, 0.1) is 34.8 Å². The van der Waals surface area contributed by atoms with Crippen LogP contribution in [-0.2, 0) is 42.7 Å². The zero-order chi connectivity index (χ0) is 24.9. The first-order valence-corrected chi connectivity index (χ1v) is 11.7. The van der Waals surface area contributed by atoms with Crippen LogP contribution in [0.2, 0.25) is 0 Å². The standard InChI is InChI=1S/2C7H10N2O2S.C4H4O4/c2*8-5-6-1-3-7(4-2-6)12(9,10)11;5-3(6)1-2-4(7)8/h2*1-4H,5,8H2,(H2,9,10,11);1-2H,(H,5,6)(H,7,8)/b;;2-1+. The largest absolute Gasteiger partial charge is 0.545 e. The van der Waals surface area contributed by atoms with Gasteiger partial charge in [-0.05, 0) is 36.4 Å². The second kappa shape index (κ2) is 13.3. The molecule has 2 aromatic carbocycles. The summed E-state index contributed by atoms with van der Waals surface area (Å²) in [5.41, 5.74) is 9.31. The molecule has 0 saturated carbocycles. The molecular formula is C18H24N4O8S2. The van der Waals surface area contributed by atoms with Crippen LogP contribution in [0.1, 0.15) is 11.1 Å². The van der Waals surface area contributed by atoms with Crippen LogP contribution >= 0.6 is 0 Å². The Bertz CT molecular complexity index is 1040. The van der Waals surface area contributed by atoms with Crippen molar-refractivity contribution < 1.29 is 48.1 Å². The highest BCUT2D eigenvalue weighted by atomic mass is 32.2. The van der Waals surface area contributed by atoms with E-state index in [2.05, 4.69) is 11.5 Å². The fourth-order valence-electron chi connectivity index (χ4n) is 1.83. The Labute approximate surface area is 185 Å². The van der Waals surface area contributed by atoms with Crippen LogP contribution < -0.4 is 32.0 Å². The number of hydrogen-bond donors (Lipinski definition) is 4. The van der Waals surface area contributed by atoms with Gasteiger partial charge in [0.1, 0.15) is 0 Å². The lowest BCUT2D eigenvalue weighted by Crippen LogP contribution is -2.47. The molecule has 12 nitrogen and oxygen atoms in total. The minimum absolute atomic E-state index is 0.139. The second-order valence-electron chi connectivity index (χ2n) is 5.85. The summed E-state index contributed by atoms with van der Waals surface area (Å²) in [5, 5.41) is 28.6. The number of carbonyl (C=O) groups is 2. The van der Waals surface area contributed by atoms with E-state index in [-0.39, 0.29) is 9.79 Å². The molecule has 0 aliphatic rings. The highest BCUT2D eigenvalue weighted by Crippen LogP contribution is 2.08. The normalized spacial score (nSPS) is 11.0. The Hall–Kier alpha value is -3.14. The van der Waals surface area contributed by atoms with Gasteiger partial charge in [0.25, 0.3) is 0 Å². The van der Waals surface area contributed by atoms with Gasteiger partial charge in [-0.1, -0.05) is 24.3 Å². The van der Waals surface area contributed by atoms with Crippen molar-refractivity contribution in [2.75, 3.05) is 0 Å². The van der Waals surface area contributed by atoms with E-state index in [9.17, 15) is 36.6 Å². The molecule has 32 heavy (non-hydrogen) atoms. The molecule has 14 heteroatoms. The Morgan fingerprint density at radius 3 is 1.09 bits per heavy atom. The summed E-state index contributed by atoms with van der Waals surface area (Å²) in [6.07, 6.45) is 0.769. The summed E-state index contributed by atoms with van der Waals surface area (Å²) in [4.78, 5) is 19.1. The first-order chi connectivity index (χ1) is 14.7. The summed E-state index contributed by atoms with van der Waals surface area (Å²) in [7, 11) is -7.10. The minimum Gasteiger partial charge on any atom is -0.545 e. The van der Waals surface area contributed by atoms with Gasteiger partial charge in [0.15, 0.2) is 0 Å². The lowest BCUT2D eigenvalue weighted by Gasteiger charge is -1.97. The number of sulfonamides is 2. The maximum Gasteiger partial charge on any atom is 0.238 e. The van der Waals surface area contributed by atoms with E-state index in [4.69, 9.17) is 10.3 Å². The number of rotatable bonds is 6. The van der Waals surface area contributed by atoms with Crippen molar-refractivity contribution in [2.24, 2.45) is 10.3 Å². The molecule has 0 amide bonds. The van der Waals surface area contributed by atoms with Gasteiger partial charge in [0.2, 0.25) is 20.0 Å². The summed E-state index contributed by atoms with van der Waals surface area (Å²) in [6, 6.07) is 12.7. The molecule has 0 radical (unpaired) electrons. The SMILES string of the molecule is NS(=O)(=O)c1ccc(C[NH3+])cc1.NS(=O)(=O)c1ccc(C[NH3+])cc1.O=C([O-])/C=C/C(=O)[O-]. The molecule has 0 aliphatic carbocycles. The summed E-state index contributed by atoms with van der Waals surface area (Å²) in [6.45, 7) is 1.29. The lowest BCUT2D eigenvalue weighted by atomic mass is 10.2. The van der Waals surface area contributed by atoms with Crippen molar-refractivity contribution in [2.45, 2.75) is 22.9 Å². The fraction of sp³-hybridized carbons (Fsp3) is 0.111. The van der Waals surface area contributed by atoms with Crippen LogP contribution in [0.5, 0.6) is 0 Å². The number of primary sulfonamides is 2. The summed E-state index contributed by atoms with van der Waals surface area (Å²) >= 11 is 0. The molecule has 0 aliphatic heterocycles. The van der Waals surface area contributed by atoms with E-state index < -0.39 is 32.0 Å². The Morgan fingerprint density at radius 1 is 0.688 bits per heavy atom. The molecule has 0 fully saturated rings. The number of carboxylic acid groups (broad SMARTS) is 2. The number of hydrogen-bond acceptors (Lipinski definition) is 8. The number of carboxylic acids is 2. The van der Waals surface area contributed by atoms with Crippen molar-refractivity contribution in [3.63, 3.8) is 0 Å². The van der Waals surface area contributed by atoms with E-state index in [0.29, 0.717) is 25.2 Å². The molecule has 2 aromatic rings. The zero-order valence-electron chi connectivity index (χ0n) is 16.8. The van der Waals surface area contributed by atoms with E-state index >= 15 is 0 Å². The highest BCUT2D eigenvalue weighted by molar-refractivity contribution is 7.89. The van der Waals surface area contributed by atoms with E-state index in [1.54, 1.807) is 24.3 Å². The Kier molecular flexibility index (Phi) is 12.0. The zero-order valence-corrected chi connectivity index (χ0v) is 18.5. The third-order valence-electron chi connectivity index (χ3n) is 3.44. The first-order valence-electron chi connectivity index (χ1n) is 8.62. The molecule has 0 spiro atoms. The molecule has 0 unspecified atom stereocenters. The Morgan fingerprint density at radius 2 is 0.938 bits per heavy atom. The van der Waals surface area contributed by atoms with Crippen molar-refractivity contribution >= 4 is 32.0 Å². The molecule has 0 bridgehead atoms. The van der Waals surface area contributed by atoms with Gasteiger partial charge in [-0.25, -0.2) is 27.1 Å². The molecule has 10 N–H and O–H groups in total. The molecule has 0 atom stereocenters. The van der Waals surface area contributed by atoms with Crippen molar-refractivity contribution in [1.82, 2.24) is 0 Å². The van der Waals surface area contributed by atoms with Gasteiger partial charge in [0, 0.05) is 11.1 Å². The van der Waals surface area contributed by atoms with Crippen LogP contribution in [0, 0.1) is 0 Å². The third kappa shape index (κ3) is 12.5. The predicted octanol–water partition coefficient (Wildman–Crippen LogP) is -4.81. The summed E-state index contributed by atoms with van der Waals surface area (Å²) in [5.74, 6) is -3.09.